The van der Waals surface area contributed by atoms with Gasteiger partial charge >= 0.3 is 0 Å². The van der Waals surface area contributed by atoms with Gasteiger partial charge in [-0.3, -0.25) is 30.4 Å². The predicted octanol–water partition coefficient (Wildman–Crippen LogP) is 1.85. The second-order valence-corrected chi connectivity index (χ2v) is 7.60. The van der Waals surface area contributed by atoms with Crippen molar-refractivity contribution >= 4 is 17.9 Å². The van der Waals surface area contributed by atoms with Gasteiger partial charge in [0.2, 0.25) is 5.91 Å². The smallest absolute Gasteiger partial charge is 0.262 e. The molecule has 4 bridgehead atoms. The minimum Gasteiger partial charge on any atom is -0.273 e. The normalized spacial score (nSPS) is 33.6. The zero-order valence-electron chi connectivity index (χ0n) is 13.6. The third kappa shape index (κ3) is 2.92. The molecular formula is C18H22N4O2. The second kappa shape index (κ2) is 6.00. The summed E-state index contributed by atoms with van der Waals surface area (Å²) in [6.45, 7) is 0. The summed E-state index contributed by atoms with van der Waals surface area (Å²) in [6.07, 6.45) is 14.4. The SMILES string of the molecule is O=C(/C=C\c1cnccn1)NNC(=O)C12CC3CC(CC(C3)C1)C2. The number of nitrogens with one attached hydrogen (secondary N) is 2. The van der Waals surface area contributed by atoms with Gasteiger partial charge in [-0.2, -0.15) is 0 Å². The maximum Gasteiger partial charge on any atom is 0.262 e. The molecule has 4 aliphatic rings. The van der Waals surface area contributed by atoms with E-state index in [2.05, 4.69) is 20.8 Å². The van der Waals surface area contributed by atoms with Gasteiger partial charge in [-0.05, 0) is 62.4 Å². The van der Waals surface area contributed by atoms with E-state index in [1.54, 1.807) is 24.7 Å². The molecule has 6 heteroatoms. The first-order chi connectivity index (χ1) is 11.6. The van der Waals surface area contributed by atoms with Crippen LogP contribution in [0.5, 0.6) is 0 Å². The summed E-state index contributed by atoms with van der Waals surface area (Å²) in [6, 6.07) is 0. The maximum absolute atomic E-state index is 12.7. The van der Waals surface area contributed by atoms with Crippen molar-refractivity contribution in [1.82, 2.24) is 20.8 Å². The van der Waals surface area contributed by atoms with Gasteiger partial charge in [-0.15, -0.1) is 0 Å². The molecule has 2 amide bonds. The van der Waals surface area contributed by atoms with Crippen LogP contribution >= 0.6 is 0 Å². The van der Waals surface area contributed by atoms with E-state index in [9.17, 15) is 9.59 Å². The molecule has 24 heavy (non-hydrogen) atoms. The largest absolute Gasteiger partial charge is 0.273 e. The van der Waals surface area contributed by atoms with Crippen LogP contribution in [-0.2, 0) is 9.59 Å². The van der Waals surface area contributed by atoms with Crippen LogP contribution in [0.15, 0.2) is 24.7 Å². The van der Waals surface area contributed by atoms with Crippen molar-refractivity contribution in [2.24, 2.45) is 23.2 Å². The summed E-state index contributed by atoms with van der Waals surface area (Å²) >= 11 is 0. The zero-order valence-corrected chi connectivity index (χ0v) is 13.6. The number of aromatic nitrogens is 2. The van der Waals surface area contributed by atoms with E-state index in [1.165, 1.54) is 25.3 Å². The van der Waals surface area contributed by atoms with E-state index < -0.39 is 0 Å². The van der Waals surface area contributed by atoms with E-state index in [4.69, 9.17) is 0 Å². The molecule has 0 atom stereocenters. The van der Waals surface area contributed by atoms with E-state index in [1.807, 2.05) is 0 Å². The van der Waals surface area contributed by atoms with Gasteiger partial charge < -0.3 is 0 Å². The molecule has 2 N–H and O–H groups in total. The molecule has 126 valence electrons. The van der Waals surface area contributed by atoms with E-state index >= 15 is 0 Å². The highest BCUT2D eigenvalue weighted by Gasteiger charge is 2.54. The number of carbonyl (C=O) groups excluding carboxylic acids is 2. The third-order valence-electron chi connectivity index (χ3n) is 5.81. The van der Waals surface area contributed by atoms with Gasteiger partial charge in [0.1, 0.15) is 0 Å². The summed E-state index contributed by atoms with van der Waals surface area (Å²) in [5, 5.41) is 0. The molecule has 1 aromatic rings. The lowest BCUT2D eigenvalue weighted by Crippen LogP contribution is -2.56. The number of carbonyl (C=O) groups is 2. The standard InChI is InChI=1S/C18H22N4O2/c23-16(2-1-15-11-19-3-4-20-15)21-22-17(24)18-8-12-5-13(9-18)7-14(6-12)10-18/h1-4,11-14H,5-10H2,(H,21,23)(H,22,24)/b2-1-. The Hall–Kier alpha value is -2.24. The number of amides is 2. The molecule has 4 aliphatic carbocycles. The summed E-state index contributed by atoms with van der Waals surface area (Å²) in [5.41, 5.74) is 5.50. The summed E-state index contributed by atoms with van der Waals surface area (Å²) < 4.78 is 0. The van der Waals surface area contributed by atoms with Crippen molar-refractivity contribution in [3.05, 3.63) is 30.4 Å². The van der Waals surface area contributed by atoms with Crippen LogP contribution in [0.4, 0.5) is 0 Å². The first kappa shape index (κ1) is 15.3. The summed E-state index contributed by atoms with van der Waals surface area (Å²) in [5.74, 6) is 1.74. The number of hydrogen-bond donors (Lipinski definition) is 2. The van der Waals surface area contributed by atoms with Crippen LogP contribution in [0.2, 0.25) is 0 Å². The number of hydrogen-bond acceptors (Lipinski definition) is 4. The molecule has 1 heterocycles. The Kier molecular flexibility index (Phi) is 3.82. The molecule has 6 nitrogen and oxygen atoms in total. The Balaban J connectivity index is 1.33. The number of rotatable bonds is 3. The second-order valence-electron chi connectivity index (χ2n) is 7.60. The highest BCUT2D eigenvalue weighted by atomic mass is 16.2. The topological polar surface area (TPSA) is 84.0 Å². The van der Waals surface area contributed by atoms with Gasteiger partial charge in [0, 0.05) is 18.5 Å². The molecule has 0 radical (unpaired) electrons. The van der Waals surface area contributed by atoms with Crippen LogP contribution in [0.3, 0.4) is 0 Å². The average Bonchev–Trinajstić information content (AvgIpc) is 2.57. The van der Waals surface area contributed by atoms with Crippen LogP contribution < -0.4 is 10.9 Å². The fourth-order valence-electron chi connectivity index (χ4n) is 5.24. The fraction of sp³-hybridized carbons (Fsp3) is 0.556. The maximum atomic E-state index is 12.7. The highest BCUT2D eigenvalue weighted by Crippen LogP contribution is 2.59. The van der Waals surface area contributed by atoms with Gasteiger partial charge in [-0.25, -0.2) is 0 Å². The number of nitrogens with zero attached hydrogens (tertiary/aromatic N) is 2. The van der Waals surface area contributed by atoms with Crippen molar-refractivity contribution in [3.8, 4) is 0 Å². The molecule has 0 aliphatic heterocycles. The van der Waals surface area contributed by atoms with Crippen molar-refractivity contribution in [3.63, 3.8) is 0 Å². The number of hydrazine groups is 1. The lowest BCUT2D eigenvalue weighted by atomic mass is 9.49. The zero-order chi connectivity index (χ0) is 16.6. The molecule has 4 saturated carbocycles. The first-order valence-electron chi connectivity index (χ1n) is 8.67. The van der Waals surface area contributed by atoms with Crippen molar-refractivity contribution < 1.29 is 9.59 Å². The Morgan fingerprint density at radius 3 is 2.29 bits per heavy atom. The third-order valence-corrected chi connectivity index (χ3v) is 5.81. The Morgan fingerprint density at radius 1 is 1.04 bits per heavy atom. The lowest BCUT2D eigenvalue weighted by molar-refractivity contribution is -0.148. The van der Waals surface area contributed by atoms with Crippen LogP contribution in [0.25, 0.3) is 6.08 Å². The minimum absolute atomic E-state index is 0.0112. The molecule has 0 unspecified atom stereocenters. The Bertz CT molecular complexity index is 636. The van der Waals surface area contributed by atoms with Gasteiger partial charge in [0.05, 0.1) is 17.3 Å². The first-order valence-corrected chi connectivity index (χ1v) is 8.67. The quantitative estimate of drug-likeness (QED) is 0.656. The van der Waals surface area contributed by atoms with Crippen LogP contribution in [0.1, 0.15) is 44.2 Å². The lowest BCUT2D eigenvalue weighted by Gasteiger charge is -2.55. The average molecular weight is 326 g/mol. The van der Waals surface area contributed by atoms with Crippen LogP contribution in [0, 0.1) is 23.2 Å². The van der Waals surface area contributed by atoms with Crippen molar-refractivity contribution in [2.45, 2.75) is 38.5 Å². The molecule has 0 aromatic carbocycles. The molecule has 5 rings (SSSR count). The van der Waals surface area contributed by atoms with Gasteiger partial charge in [0.25, 0.3) is 5.91 Å². The highest BCUT2D eigenvalue weighted by molar-refractivity contribution is 5.93. The van der Waals surface area contributed by atoms with E-state index in [0.717, 1.165) is 19.3 Å². The molecular weight excluding hydrogens is 304 g/mol. The molecule has 0 spiro atoms. The van der Waals surface area contributed by atoms with E-state index in [0.29, 0.717) is 23.4 Å². The predicted molar refractivity (Wildman–Crippen MR) is 88.0 cm³/mol. The minimum atomic E-state index is -0.362. The van der Waals surface area contributed by atoms with Crippen molar-refractivity contribution in [2.75, 3.05) is 0 Å². The van der Waals surface area contributed by atoms with E-state index in [-0.39, 0.29) is 17.2 Å². The Morgan fingerprint density at radius 2 is 1.71 bits per heavy atom. The summed E-state index contributed by atoms with van der Waals surface area (Å²) in [4.78, 5) is 32.6. The van der Waals surface area contributed by atoms with Crippen molar-refractivity contribution in [1.29, 1.82) is 0 Å². The van der Waals surface area contributed by atoms with Gasteiger partial charge in [-0.1, -0.05) is 0 Å². The summed E-state index contributed by atoms with van der Waals surface area (Å²) in [7, 11) is 0. The fourth-order valence-corrected chi connectivity index (χ4v) is 5.24. The Labute approximate surface area is 141 Å². The molecule has 1 aromatic heterocycles. The molecule has 0 saturated heterocycles. The molecule has 4 fully saturated rings. The van der Waals surface area contributed by atoms with Crippen LogP contribution in [-0.4, -0.2) is 21.8 Å². The monoisotopic (exact) mass is 326 g/mol. The van der Waals surface area contributed by atoms with Gasteiger partial charge in [0.15, 0.2) is 0 Å².